The van der Waals surface area contributed by atoms with Crippen LogP contribution in [0.1, 0.15) is 11.1 Å². The first kappa shape index (κ1) is 18.4. The summed E-state index contributed by atoms with van der Waals surface area (Å²) in [6.45, 7) is 0.585. The maximum atomic E-state index is 13.1. The van der Waals surface area contributed by atoms with Gasteiger partial charge in [-0.05, 0) is 35.4 Å². The van der Waals surface area contributed by atoms with E-state index in [1.807, 2.05) is 53.2 Å². The van der Waals surface area contributed by atoms with Gasteiger partial charge >= 0.3 is 0 Å². The van der Waals surface area contributed by atoms with E-state index in [1.54, 1.807) is 6.20 Å². The SMILES string of the molecule is O=C(/C=C/c1ccc(F)c(O)c1)Nc1cccc2cnn(Cc3ccccc3)c12. The zero-order valence-corrected chi connectivity index (χ0v) is 15.4. The number of para-hydroxylation sites is 1. The molecule has 1 heterocycles. The molecule has 0 atom stereocenters. The number of benzene rings is 3. The Hall–Kier alpha value is -3.93. The average Bonchev–Trinajstić information content (AvgIpc) is 3.13. The zero-order valence-electron chi connectivity index (χ0n) is 15.4. The summed E-state index contributed by atoms with van der Waals surface area (Å²) >= 11 is 0. The Bertz CT molecular complexity index is 1200. The van der Waals surface area contributed by atoms with Gasteiger partial charge in [0.25, 0.3) is 0 Å². The number of halogens is 1. The number of phenolic OH excluding ortho intramolecular Hbond substituents is 1. The number of aromatic nitrogens is 2. The van der Waals surface area contributed by atoms with Gasteiger partial charge in [-0.15, -0.1) is 0 Å². The molecule has 4 rings (SSSR count). The number of phenols is 1. The Balaban J connectivity index is 1.57. The summed E-state index contributed by atoms with van der Waals surface area (Å²) in [6.07, 6.45) is 4.62. The summed E-state index contributed by atoms with van der Waals surface area (Å²) in [4.78, 5) is 12.4. The van der Waals surface area contributed by atoms with Crippen molar-refractivity contribution >= 4 is 28.6 Å². The Labute approximate surface area is 166 Å². The zero-order chi connectivity index (χ0) is 20.2. The Morgan fingerprint density at radius 3 is 2.72 bits per heavy atom. The molecule has 144 valence electrons. The molecule has 0 bridgehead atoms. The second-order valence-electron chi connectivity index (χ2n) is 6.56. The first-order chi connectivity index (χ1) is 14.1. The number of fused-ring (bicyclic) bond motifs is 1. The topological polar surface area (TPSA) is 67.2 Å². The van der Waals surface area contributed by atoms with Crippen molar-refractivity contribution in [3.63, 3.8) is 0 Å². The smallest absolute Gasteiger partial charge is 0.248 e. The van der Waals surface area contributed by atoms with Crippen molar-refractivity contribution in [3.05, 3.63) is 95.9 Å². The number of anilines is 1. The van der Waals surface area contributed by atoms with Crippen LogP contribution in [-0.4, -0.2) is 20.8 Å². The van der Waals surface area contributed by atoms with E-state index >= 15 is 0 Å². The van der Waals surface area contributed by atoms with Crippen molar-refractivity contribution in [1.82, 2.24) is 9.78 Å². The predicted molar refractivity (Wildman–Crippen MR) is 111 cm³/mol. The van der Waals surface area contributed by atoms with E-state index in [2.05, 4.69) is 10.4 Å². The predicted octanol–water partition coefficient (Wildman–Crippen LogP) is 4.58. The van der Waals surface area contributed by atoms with Gasteiger partial charge in [0.1, 0.15) is 0 Å². The molecule has 0 aliphatic carbocycles. The summed E-state index contributed by atoms with van der Waals surface area (Å²) in [6, 6.07) is 19.5. The summed E-state index contributed by atoms with van der Waals surface area (Å²) in [5, 5.41) is 17.7. The number of hydrogen-bond donors (Lipinski definition) is 2. The number of hydrogen-bond acceptors (Lipinski definition) is 3. The van der Waals surface area contributed by atoms with E-state index in [9.17, 15) is 14.3 Å². The highest BCUT2D eigenvalue weighted by molar-refractivity contribution is 6.06. The third kappa shape index (κ3) is 4.16. The highest BCUT2D eigenvalue weighted by atomic mass is 19.1. The van der Waals surface area contributed by atoms with Crippen molar-refractivity contribution in [2.45, 2.75) is 6.54 Å². The largest absolute Gasteiger partial charge is 0.505 e. The second kappa shape index (κ2) is 7.98. The maximum absolute atomic E-state index is 13.1. The van der Waals surface area contributed by atoms with Crippen LogP contribution in [0.15, 0.2) is 79.0 Å². The number of carbonyl (C=O) groups excluding carboxylic acids is 1. The van der Waals surface area contributed by atoms with Crippen molar-refractivity contribution < 1.29 is 14.3 Å². The van der Waals surface area contributed by atoms with E-state index in [4.69, 9.17) is 0 Å². The molecule has 0 spiro atoms. The fourth-order valence-electron chi connectivity index (χ4n) is 3.10. The highest BCUT2D eigenvalue weighted by Crippen LogP contribution is 2.24. The number of nitrogens with one attached hydrogen (secondary N) is 1. The Morgan fingerprint density at radius 2 is 1.93 bits per heavy atom. The number of rotatable bonds is 5. The van der Waals surface area contributed by atoms with Crippen LogP contribution in [-0.2, 0) is 11.3 Å². The lowest BCUT2D eigenvalue weighted by Crippen LogP contribution is -2.10. The summed E-state index contributed by atoms with van der Waals surface area (Å²) in [5.41, 5.74) is 3.10. The molecule has 2 N–H and O–H groups in total. The molecular formula is C23H18FN3O2. The maximum Gasteiger partial charge on any atom is 0.248 e. The van der Waals surface area contributed by atoms with E-state index < -0.39 is 11.6 Å². The molecule has 0 saturated carbocycles. The Kier molecular flexibility index (Phi) is 5.07. The molecule has 0 radical (unpaired) electrons. The van der Waals surface area contributed by atoms with E-state index in [1.165, 1.54) is 24.3 Å². The van der Waals surface area contributed by atoms with E-state index in [-0.39, 0.29) is 5.91 Å². The minimum Gasteiger partial charge on any atom is -0.505 e. The van der Waals surface area contributed by atoms with Crippen LogP contribution in [0, 0.1) is 5.82 Å². The third-order valence-electron chi connectivity index (χ3n) is 4.49. The monoisotopic (exact) mass is 387 g/mol. The van der Waals surface area contributed by atoms with Gasteiger partial charge in [0, 0.05) is 11.5 Å². The molecule has 6 heteroatoms. The molecule has 0 saturated heterocycles. The van der Waals surface area contributed by atoms with Gasteiger partial charge in [-0.3, -0.25) is 9.48 Å². The van der Waals surface area contributed by atoms with Crippen molar-refractivity contribution in [3.8, 4) is 5.75 Å². The fourth-order valence-corrected chi connectivity index (χ4v) is 3.10. The van der Waals surface area contributed by atoms with Crippen molar-refractivity contribution in [2.24, 2.45) is 0 Å². The summed E-state index contributed by atoms with van der Waals surface area (Å²) in [5.74, 6) is -1.50. The van der Waals surface area contributed by atoms with Gasteiger partial charge in [-0.1, -0.05) is 48.5 Å². The van der Waals surface area contributed by atoms with Crippen LogP contribution < -0.4 is 5.32 Å². The quantitative estimate of drug-likeness (QED) is 0.493. The van der Waals surface area contributed by atoms with E-state index in [0.29, 0.717) is 17.8 Å². The van der Waals surface area contributed by atoms with Crippen LogP contribution >= 0.6 is 0 Å². The molecule has 0 fully saturated rings. The number of carbonyl (C=O) groups is 1. The van der Waals surface area contributed by atoms with Gasteiger partial charge in [-0.2, -0.15) is 5.10 Å². The average molecular weight is 387 g/mol. The van der Waals surface area contributed by atoms with Crippen molar-refractivity contribution in [2.75, 3.05) is 5.32 Å². The standard InChI is InChI=1S/C23H18FN3O2/c24-19-11-9-16(13-21(19)28)10-12-22(29)26-20-8-4-7-18-14-25-27(23(18)20)15-17-5-2-1-3-6-17/h1-14,28H,15H2,(H,26,29)/b12-10+. The molecule has 0 aliphatic heterocycles. The lowest BCUT2D eigenvalue weighted by molar-refractivity contribution is -0.111. The molecule has 1 amide bonds. The van der Waals surface area contributed by atoms with Gasteiger partial charge in [0.05, 0.1) is 23.9 Å². The van der Waals surface area contributed by atoms with Crippen LogP contribution in [0.5, 0.6) is 5.75 Å². The number of nitrogens with zero attached hydrogens (tertiary/aromatic N) is 2. The highest BCUT2D eigenvalue weighted by Gasteiger charge is 2.10. The first-order valence-corrected chi connectivity index (χ1v) is 9.06. The molecule has 4 aromatic rings. The van der Waals surface area contributed by atoms with Crippen LogP contribution in [0.2, 0.25) is 0 Å². The molecule has 5 nitrogen and oxygen atoms in total. The molecule has 0 unspecified atom stereocenters. The molecule has 3 aromatic carbocycles. The summed E-state index contributed by atoms with van der Waals surface area (Å²) in [7, 11) is 0. The van der Waals surface area contributed by atoms with Gasteiger partial charge in [0.2, 0.25) is 5.91 Å². The molecule has 0 aliphatic rings. The van der Waals surface area contributed by atoms with E-state index in [0.717, 1.165) is 22.5 Å². The van der Waals surface area contributed by atoms with Gasteiger partial charge in [0.15, 0.2) is 11.6 Å². The lowest BCUT2D eigenvalue weighted by atomic mass is 10.2. The number of aromatic hydroxyl groups is 1. The van der Waals surface area contributed by atoms with Gasteiger partial charge in [-0.25, -0.2) is 4.39 Å². The third-order valence-corrected chi connectivity index (χ3v) is 4.49. The normalized spacial score (nSPS) is 11.2. The van der Waals surface area contributed by atoms with Crippen LogP contribution in [0.25, 0.3) is 17.0 Å². The van der Waals surface area contributed by atoms with Gasteiger partial charge < -0.3 is 10.4 Å². The van der Waals surface area contributed by atoms with Crippen LogP contribution in [0.3, 0.4) is 0 Å². The first-order valence-electron chi connectivity index (χ1n) is 9.06. The molecular weight excluding hydrogens is 369 g/mol. The Morgan fingerprint density at radius 1 is 1.10 bits per heavy atom. The van der Waals surface area contributed by atoms with Crippen molar-refractivity contribution in [1.29, 1.82) is 0 Å². The molecule has 1 aromatic heterocycles. The minimum atomic E-state index is -0.704. The number of amides is 1. The minimum absolute atomic E-state index is 0.339. The summed E-state index contributed by atoms with van der Waals surface area (Å²) < 4.78 is 15.0. The fraction of sp³-hybridized carbons (Fsp3) is 0.0435. The lowest BCUT2D eigenvalue weighted by Gasteiger charge is -2.09. The second-order valence-corrected chi connectivity index (χ2v) is 6.56. The molecule has 29 heavy (non-hydrogen) atoms. The van der Waals surface area contributed by atoms with Crippen LogP contribution in [0.4, 0.5) is 10.1 Å².